The largest absolute Gasteiger partial charge is 0.477 e. The van der Waals surface area contributed by atoms with Gasteiger partial charge in [-0.1, -0.05) is 18.2 Å². The maximum Gasteiger partial charge on any atom is 0.352 e. The molecule has 2 rings (SSSR count). The van der Waals surface area contributed by atoms with Gasteiger partial charge in [-0.2, -0.15) is 0 Å². The molecule has 82 valence electrons. The molecule has 0 spiro atoms. The lowest BCUT2D eigenvalue weighted by Crippen LogP contribution is -2.15. The average Bonchev–Trinajstić information content (AvgIpc) is 2.57. The third-order valence-corrected chi connectivity index (χ3v) is 2.38. The number of aromatic nitrogens is 1. The first-order chi connectivity index (χ1) is 7.59. The highest BCUT2D eigenvalue weighted by atomic mass is 16.4. The first kappa shape index (κ1) is 10.2. The number of nitrogens with one attached hydrogen (secondary N) is 1. The summed E-state index contributed by atoms with van der Waals surface area (Å²) in [6.07, 6.45) is -0.0777. The van der Waals surface area contributed by atoms with E-state index in [1.807, 2.05) is 0 Å². The predicted molar refractivity (Wildman–Crippen MR) is 58.2 cm³/mol. The number of hydrogen-bond acceptors (Lipinski definition) is 2. The highest BCUT2D eigenvalue weighted by Gasteiger charge is 2.17. The molecule has 2 aromatic rings. The quantitative estimate of drug-likeness (QED) is 0.713. The fraction of sp³-hybridized carbons (Fsp3) is 0.0909. The van der Waals surface area contributed by atoms with Gasteiger partial charge in [0.1, 0.15) is 5.69 Å². The zero-order chi connectivity index (χ0) is 11.7. The molecule has 5 heteroatoms. The van der Waals surface area contributed by atoms with Crippen molar-refractivity contribution in [3.8, 4) is 0 Å². The summed E-state index contributed by atoms with van der Waals surface area (Å²) in [7, 11) is 0. The van der Waals surface area contributed by atoms with E-state index in [-0.39, 0.29) is 12.1 Å². The lowest BCUT2D eigenvalue weighted by molar-refractivity contribution is -0.117. The van der Waals surface area contributed by atoms with Crippen LogP contribution in [0.1, 0.15) is 16.1 Å². The summed E-state index contributed by atoms with van der Waals surface area (Å²) in [5.41, 5.74) is 6.26. The van der Waals surface area contributed by atoms with Crippen LogP contribution in [0.25, 0.3) is 10.9 Å². The van der Waals surface area contributed by atoms with Gasteiger partial charge in [0.05, 0.1) is 6.42 Å². The first-order valence-corrected chi connectivity index (χ1v) is 4.70. The van der Waals surface area contributed by atoms with E-state index in [0.29, 0.717) is 11.1 Å². The second-order valence-corrected chi connectivity index (χ2v) is 3.47. The highest BCUT2D eigenvalue weighted by molar-refractivity contribution is 5.99. The van der Waals surface area contributed by atoms with E-state index in [2.05, 4.69) is 4.98 Å². The van der Waals surface area contributed by atoms with Crippen LogP contribution in [-0.4, -0.2) is 22.0 Å². The molecule has 0 bridgehead atoms. The standard InChI is InChI=1S/C11H10N2O3/c12-9(14)5-7-6-3-1-2-4-8(6)13-10(7)11(15)16/h1-4,13H,5H2,(H2,12,14)(H,15,16). The molecule has 0 saturated heterocycles. The number of fused-ring (bicyclic) bond motifs is 1. The summed E-state index contributed by atoms with van der Waals surface area (Å²) < 4.78 is 0. The number of aromatic amines is 1. The Bertz CT molecular complexity index is 572. The molecule has 1 aromatic heterocycles. The number of para-hydroxylation sites is 1. The monoisotopic (exact) mass is 218 g/mol. The van der Waals surface area contributed by atoms with E-state index in [1.54, 1.807) is 24.3 Å². The van der Waals surface area contributed by atoms with Gasteiger partial charge < -0.3 is 15.8 Å². The topological polar surface area (TPSA) is 96.2 Å². The van der Waals surface area contributed by atoms with Crippen molar-refractivity contribution in [2.45, 2.75) is 6.42 Å². The molecule has 0 atom stereocenters. The predicted octanol–water partition coefficient (Wildman–Crippen LogP) is 0.894. The molecule has 0 unspecified atom stereocenters. The Hall–Kier alpha value is -2.30. The summed E-state index contributed by atoms with van der Waals surface area (Å²) in [5, 5.41) is 9.72. The van der Waals surface area contributed by atoms with Crippen LogP contribution in [0.4, 0.5) is 0 Å². The minimum Gasteiger partial charge on any atom is -0.477 e. The van der Waals surface area contributed by atoms with Crippen LogP contribution in [0, 0.1) is 0 Å². The molecule has 0 radical (unpaired) electrons. The van der Waals surface area contributed by atoms with E-state index < -0.39 is 11.9 Å². The lowest BCUT2D eigenvalue weighted by Gasteiger charge is -1.97. The van der Waals surface area contributed by atoms with Crippen molar-refractivity contribution >= 4 is 22.8 Å². The summed E-state index contributed by atoms with van der Waals surface area (Å²) in [4.78, 5) is 24.7. The van der Waals surface area contributed by atoms with E-state index in [1.165, 1.54) is 0 Å². The molecular formula is C11H10N2O3. The molecule has 0 saturated carbocycles. The molecule has 4 N–H and O–H groups in total. The third-order valence-electron chi connectivity index (χ3n) is 2.38. The highest BCUT2D eigenvalue weighted by Crippen LogP contribution is 2.22. The second-order valence-electron chi connectivity index (χ2n) is 3.47. The maximum absolute atomic E-state index is 11.0. The van der Waals surface area contributed by atoms with Crippen LogP contribution in [0.15, 0.2) is 24.3 Å². The Kier molecular flexibility index (Phi) is 2.36. The molecule has 0 aliphatic carbocycles. The SMILES string of the molecule is NC(=O)Cc1c(C(=O)O)[nH]c2ccccc12. The molecule has 1 amide bonds. The Balaban J connectivity index is 2.69. The number of carboxylic acid groups (broad SMARTS) is 1. The summed E-state index contributed by atoms with van der Waals surface area (Å²) >= 11 is 0. The number of primary amides is 1. The molecule has 0 aliphatic rings. The molecule has 16 heavy (non-hydrogen) atoms. The minimum atomic E-state index is -1.09. The average molecular weight is 218 g/mol. The number of hydrogen-bond donors (Lipinski definition) is 3. The Morgan fingerprint density at radius 2 is 2.00 bits per heavy atom. The smallest absolute Gasteiger partial charge is 0.352 e. The number of rotatable bonds is 3. The van der Waals surface area contributed by atoms with E-state index in [9.17, 15) is 9.59 Å². The molecule has 5 nitrogen and oxygen atoms in total. The Labute approximate surface area is 90.9 Å². The lowest BCUT2D eigenvalue weighted by atomic mass is 10.1. The number of H-pyrrole nitrogens is 1. The number of carbonyl (C=O) groups excluding carboxylic acids is 1. The van der Waals surface area contributed by atoms with Crippen LogP contribution >= 0.6 is 0 Å². The fourth-order valence-electron chi connectivity index (χ4n) is 1.74. The van der Waals surface area contributed by atoms with Gasteiger partial charge in [0, 0.05) is 16.5 Å². The van der Waals surface area contributed by atoms with E-state index >= 15 is 0 Å². The van der Waals surface area contributed by atoms with Crippen molar-refractivity contribution < 1.29 is 14.7 Å². The van der Waals surface area contributed by atoms with Gasteiger partial charge in [0.15, 0.2) is 0 Å². The van der Waals surface area contributed by atoms with Gasteiger partial charge in [-0.3, -0.25) is 4.79 Å². The maximum atomic E-state index is 11.0. The summed E-state index contributed by atoms with van der Waals surface area (Å²) in [6.45, 7) is 0. The van der Waals surface area contributed by atoms with Crippen LogP contribution in [-0.2, 0) is 11.2 Å². The minimum absolute atomic E-state index is 0.0278. The number of carbonyl (C=O) groups is 2. The number of amides is 1. The van der Waals surface area contributed by atoms with Gasteiger partial charge in [0.25, 0.3) is 0 Å². The first-order valence-electron chi connectivity index (χ1n) is 4.70. The molecule has 0 aliphatic heterocycles. The van der Waals surface area contributed by atoms with Crippen molar-refractivity contribution in [2.24, 2.45) is 5.73 Å². The van der Waals surface area contributed by atoms with Crippen LogP contribution < -0.4 is 5.73 Å². The Morgan fingerprint density at radius 1 is 1.31 bits per heavy atom. The molecule has 0 fully saturated rings. The summed E-state index contributed by atoms with van der Waals surface area (Å²) in [5.74, 6) is -1.64. The van der Waals surface area contributed by atoms with Gasteiger partial charge in [0.2, 0.25) is 5.91 Å². The molecule has 1 heterocycles. The van der Waals surface area contributed by atoms with Crippen molar-refractivity contribution in [3.05, 3.63) is 35.5 Å². The van der Waals surface area contributed by atoms with Crippen molar-refractivity contribution in [3.63, 3.8) is 0 Å². The normalized spacial score (nSPS) is 10.5. The second kappa shape index (κ2) is 3.69. The van der Waals surface area contributed by atoms with Gasteiger partial charge in [-0.15, -0.1) is 0 Å². The van der Waals surface area contributed by atoms with E-state index in [4.69, 9.17) is 10.8 Å². The zero-order valence-electron chi connectivity index (χ0n) is 8.36. The van der Waals surface area contributed by atoms with Crippen LogP contribution in [0.2, 0.25) is 0 Å². The van der Waals surface area contributed by atoms with Crippen molar-refractivity contribution in [1.29, 1.82) is 0 Å². The van der Waals surface area contributed by atoms with Gasteiger partial charge in [-0.05, 0) is 6.07 Å². The number of nitrogens with two attached hydrogens (primary N) is 1. The van der Waals surface area contributed by atoms with Crippen LogP contribution in [0.5, 0.6) is 0 Å². The number of aromatic carboxylic acids is 1. The fourth-order valence-corrected chi connectivity index (χ4v) is 1.74. The van der Waals surface area contributed by atoms with Crippen molar-refractivity contribution in [2.75, 3.05) is 0 Å². The molecule has 1 aromatic carbocycles. The zero-order valence-corrected chi connectivity index (χ0v) is 8.36. The van der Waals surface area contributed by atoms with E-state index in [0.717, 1.165) is 5.39 Å². The van der Waals surface area contributed by atoms with Crippen LogP contribution in [0.3, 0.4) is 0 Å². The van der Waals surface area contributed by atoms with Gasteiger partial charge >= 0.3 is 5.97 Å². The third kappa shape index (κ3) is 1.63. The molecular weight excluding hydrogens is 208 g/mol. The number of carboxylic acids is 1. The number of benzene rings is 1. The summed E-state index contributed by atoms with van der Waals surface area (Å²) in [6, 6.07) is 7.09. The van der Waals surface area contributed by atoms with Gasteiger partial charge in [-0.25, -0.2) is 4.79 Å². The Morgan fingerprint density at radius 3 is 2.62 bits per heavy atom. The van der Waals surface area contributed by atoms with Crippen molar-refractivity contribution in [1.82, 2.24) is 4.98 Å².